The lowest BCUT2D eigenvalue weighted by Crippen LogP contribution is -1.99. The first kappa shape index (κ1) is 8.95. The van der Waals surface area contributed by atoms with Crippen LogP contribution in [-0.2, 0) is 0 Å². The predicted molar refractivity (Wildman–Crippen MR) is 45.0 cm³/mol. The van der Waals surface area contributed by atoms with Crippen molar-refractivity contribution in [1.82, 2.24) is 0 Å². The summed E-state index contributed by atoms with van der Waals surface area (Å²) < 4.78 is 0. The highest BCUT2D eigenvalue weighted by atomic mass is 14.5. The predicted octanol–water partition coefficient (Wildman–Crippen LogP) is 1.69. The number of rotatable bonds is 3. The molecule has 0 aromatic heterocycles. The Kier molecular flexibility index (Phi) is 3.47. The standard InChI is InChI=1S/C8H14N2/c1-6(2)7(3)8(4-9)5-10/h4-6,9H,3,10H2,1-2H3/b8-5+,9-4?. The van der Waals surface area contributed by atoms with Crippen molar-refractivity contribution in [3.63, 3.8) is 0 Å². The summed E-state index contributed by atoms with van der Waals surface area (Å²) in [7, 11) is 0. The van der Waals surface area contributed by atoms with Gasteiger partial charge in [-0.2, -0.15) is 0 Å². The lowest BCUT2D eigenvalue weighted by Gasteiger charge is -2.07. The Hall–Kier alpha value is -1.05. The molecular formula is C8H14N2. The van der Waals surface area contributed by atoms with Crippen LogP contribution in [0.4, 0.5) is 0 Å². The van der Waals surface area contributed by atoms with Gasteiger partial charge in [-0.25, -0.2) is 0 Å². The summed E-state index contributed by atoms with van der Waals surface area (Å²) >= 11 is 0. The summed E-state index contributed by atoms with van der Waals surface area (Å²) in [6.45, 7) is 7.84. The summed E-state index contributed by atoms with van der Waals surface area (Å²) in [6, 6.07) is 0. The molecule has 56 valence electrons. The van der Waals surface area contributed by atoms with Crippen molar-refractivity contribution in [2.75, 3.05) is 0 Å². The summed E-state index contributed by atoms with van der Waals surface area (Å²) in [6.07, 6.45) is 2.64. The zero-order valence-corrected chi connectivity index (χ0v) is 6.52. The highest BCUT2D eigenvalue weighted by Crippen LogP contribution is 2.13. The van der Waals surface area contributed by atoms with Gasteiger partial charge in [0.25, 0.3) is 0 Å². The van der Waals surface area contributed by atoms with E-state index >= 15 is 0 Å². The zero-order chi connectivity index (χ0) is 8.15. The molecule has 10 heavy (non-hydrogen) atoms. The summed E-state index contributed by atoms with van der Waals surface area (Å²) in [5, 5.41) is 6.95. The third-order valence-electron chi connectivity index (χ3n) is 1.40. The maximum Gasteiger partial charge on any atom is 0.0267 e. The van der Waals surface area contributed by atoms with Crippen LogP contribution < -0.4 is 5.73 Å². The molecule has 0 saturated heterocycles. The topological polar surface area (TPSA) is 49.9 Å². The molecule has 0 rings (SSSR count). The Morgan fingerprint density at radius 1 is 1.60 bits per heavy atom. The fourth-order valence-electron chi connectivity index (χ4n) is 0.581. The van der Waals surface area contributed by atoms with Crippen LogP contribution in [0, 0.1) is 11.3 Å². The lowest BCUT2D eigenvalue weighted by molar-refractivity contribution is 0.789. The van der Waals surface area contributed by atoms with E-state index in [1.54, 1.807) is 0 Å². The normalized spacial score (nSPS) is 11.7. The fourth-order valence-corrected chi connectivity index (χ4v) is 0.581. The first-order valence-electron chi connectivity index (χ1n) is 3.25. The molecule has 0 aromatic rings. The van der Waals surface area contributed by atoms with Gasteiger partial charge >= 0.3 is 0 Å². The van der Waals surface area contributed by atoms with E-state index in [0.29, 0.717) is 5.92 Å². The molecule has 0 fully saturated rings. The Balaban J connectivity index is 4.32. The summed E-state index contributed by atoms with van der Waals surface area (Å²) in [4.78, 5) is 0. The minimum absolute atomic E-state index is 0.358. The summed E-state index contributed by atoms with van der Waals surface area (Å²) in [5.41, 5.74) is 6.88. The largest absolute Gasteiger partial charge is 0.404 e. The van der Waals surface area contributed by atoms with E-state index in [2.05, 4.69) is 6.58 Å². The van der Waals surface area contributed by atoms with Crippen molar-refractivity contribution in [1.29, 1.82) is 5.41 Å². The van der Waals surface area contributed by atoms with Crippen LogP contribution in [-0.4, -0.2) is 6.21 Å². The van der Waals surface area contributed by atoms with E-state index in [1.165, 1.54) is 12.4 Å². The monoisotopic (exact) mass is 138 g/mol. The van der Waals surface area contributed by atoms with E-state index in [1.807, 2.05) is 13.8 Å². The van der Waals surface area contributed by atoms with Crippen LogP contribution >= 0.6 is 0 Å². The summed E-state index contributed by atoms with van der Waals surface area (Å²) in [5.74, 6) is 0.358. The van der Waals surface area contributed by atoms with Gasteiger partial charge in [-0.15, -0.1) is 0 Å². The zero-order valence-electron chi connectivity index (χ0n) is 6.52. The van der Waals surface area contributed by atoms with Gasteiger partial charge in [0.05, 0.1) is 0 Å². The lowest BCUT2D eigenvalue weighted by atomic mass is 9.99. The van der Waals surface area contributed by atoms with E-state index in [0.717, 1.165) is 11.1 Å². The van der Waals surface area contributed by atoms with Gasteiger partial charge in [0.1, 0.15) is 0 Å². The molecule has 0 unspecified atom stereocenters. The van der Waals surface area contributed by atoms with E-state index < -0.39 is 0 Å². The average Bonchev–Trinajstić information content (AvgIpc) is 1.90. The molecule has 0 aliphatic heterocycles. The second kappa shape index (κ2) is 3.88. The fraction of sp³-hybridized carbons (Fsp3) is 0.375. The van der Waals surface area contributed by atoms with Crippen molar-refractivity contribution < 1.29 is 0 Å². The molecule has 0 aliphatic rings. The first-order chi connectivity index (χ1) is 4.63. The Morgan fingerprint density at radius 2 is 2.10 bits per heavy atom. The molecule has 0 saturated carbocycles. The van der Waals surface area contributed by atoms with Crippen LogP contribution in [0.25, 0.3) is 0 Å². The first-order valence-corrected chi connectivity index (χ1v) is 3.25. The SMILES string of the molecule is C=C(/C(C=N)=C/N)C(C)C. The molecule has 0 spiro atoms. The van der Waals surface area contributed by atoms with Crippen molar-refractivity contribution in [3.05, 3.63) is 23.9 Å². The highest BCUT2D eigenvalue weighted by molar-refractivity contribution is 5.81. The van der Waals surface area contributed by atoms with E-state index in [4.69, 9.17) is 11.1 Å². The molecule has 0 aromatic carbocycles. The second-order valence-corrected chi connectivity index (χ2v) is 2.45. The van der Waals surface area contributed by atoms with Gasteiger partial charge < -0.3 is 11.1 Å². The van der Waals surface area contributed by atoms with Gasteiger partial charge in [-0.05, 0) is 11.5 Å². The van der Waals surface area contributed by atoms with Crippen molar-refractivity contribution >= 4 is 6.21 Å². The number of hydrogen-bond donors (Lipinski definition) is 2. The Bertz CT molecular complexity index is 166. The van der Waals surface area contributed by atoms with E-state index in [9.17, 15) is 0 Å². The quantitative estimate of drug-likeness (QED) is 0.452. The number of hydrogen-bond acceptors (Lipinski definition) is 2. The number of nitrogens with one attached hydrogen (secondary N) is 1. The van der Waals surface area contributed by atoms with E-state index in [-0.39, 0.29) is 0 Å². The third-order valence-corrected chi connectivity index (χ3v) is 1.40. The van der Waals surface area contributed by atoms with Crippen LogP contribution in [0.2, 0.25) is 0 Å². The molecule has 0 aliphatic carbocycles. The minimum atomic E-state index is 0.358. The highest BCUT2D eigenvalue weighted by Gasteiger charge is 2.02. The second-order valence-electron chi connectivity index (χ2n) is 2.45. The molecule has 0 bridgehead atoms. The maximum absolute atomic E-state index is 6.95. The van der Waals surface area contributed by atoms with Crippen LogP contribution in [0.1, 0.15) is 13.8 Å². The van der Waals surface area contributed by atoms with Gasteiger partial charge in [0.15, 0.2) is 0 Å². The third kappa shape index (κ3) is 2.05. The van der Waals surface area contributed by atoms with Crippen LogP contribution in [0.5, 0.6) is 0 Å². The molecule has 3 N–H and O–H groups in total. The van der Waals surface area contributed by atoms with Gasteiger partial charge in [-0.3, -0.25) is 0 Å². The minimum Gasteiger partial charge on any atom is -0.404 e. The molecule has 0 radical (unpaired) electrons. The van der Waals surface area contributed by atoms with Crippen LogP contribution in [0.15, 0.2) is 23.9 Å². The average molecular weight is 138 g/mol. The molecule has 2 heteroatoms. The Labute approximate surface area is 61.9 Å². The molecule has 0 atom stereocenters. The number of nitrogens with two attached hydrogens (primary N) is 1. The Morgan fingerprint density at radius 3 is 2.20 bits per heavy atom. The van der Waals surface area contributed by atoms with Gasteiger partial charge in [0, 0.05) is 18.0 Å². The van der Waals surface area contributed by atoms with Gasteiger partial charge in [0.2, 0.25) is 0 Å². The molecule has 0 heterocycles. The smallest absolute Gasteiger partial charge is 0.0267 e. The van der Waals surface area contributed by atoms with Crippen molar-refractivity contribution in [3.8, 4) is 0 Å². The number of allylic oxidation sites excluding steroid dienone is 2. The van der Waals surface area contributed by atoms with Crippen molar-refractivity contribution in [2.45, 2.75) is 13.8 Å². The van der Waals surface area contributed by atoms with Gasteiger partial charge in [-0.1, -0.05) is 20.4 Å². The molecular weight excluding hydrogens is 124 g/mol. The van der Waals surface area contributed by atoms with Crippen LogP contribution in [0.3, 0.4) is 0 Å². The van der Waals surface area contributed by atoms with Crippen molar-refractivity contribution in [2.24, 2.45) is 11.7 Å². The molecule has 2 nitrogen and oxygen atoms in total. The maximum atomic E-state index is 6.95. The molecule has 0 amide bonds.